The third-order valence-electron chi connectivity index (χ3n) is 3.16. The molecule has 5 nitrogen and oxygen atoms in total. The molecule has 0 bridgehead atoms. The lowest BCUT2D eigenvalue weighted by Crippen LogP contribution is -2.36. The SMILES string of the molecule is CCOc1cc(Cl)c(CNC(CCSC)C(=O)O)cc1OCC. The number of hydrogen-bond acceptors (Lipinski definition) is 5. The van der Waals surface area contributed by atoms with Gasteiger partial charge in [-0.05, 0) is 43.9 Å². The molecule has 0 aliphatic heterocycles. The Morgan fingerprint density at radius 2 is 1.91 bits per heavy atom. The van der Waals surface area contributed by atoms with Crippen LogP contribution >= 0.6 is 23.4 Å². The van der Waals surface area contributed by atoms with Crippen molar-refractivity contribution in [1.29, 1.82) is 0 Å². The Hall–Kier alpha value is -1.11. The Morgan fingerprint density at radius 3 is 2.43 bits per heavy atom. The highest BCUT2D eigenvalue weighted by Gasteiger charge is 2.18. The normalized spacial score (nSPS) is 12.0. The fourth-order valence-electron chi connectivity index (χ4n) is 2.03. The van der Waals surface area contributed by atoms with Crippen molar-refractivity contribution in [2.24, 2.45) is 0 Å². The molecule has 0 aliphatic carbocycles. The van der Waals surface area contributed by atoms with Gasteiger partial charge in [0.15, 0.2) is 11.5 Å². The number of carbonyl (C=O) groups is 1. The summed E-state index contributed by atoms with van der Waals surface area (Å²) in [7, 11) is 0. The van der Waals surface area contributed by atoms with Gasteiger partial charge < -0.3 is 19.9 Å². The third-order valence-corrected chi connectivity index (χ3v) is 4.16. The van der Waals surface area contributed by atoms with E-state index in [1.165, 1.54) is 0 Å². The maximum Gasteiger partial charge on any atom is 0.320 e. The summed E-state index contributed by atoms with van der Waals surface area (Å²) < 4.78 is 11.1. The minimum atomic E-state index is -0.855. The second-order valence-electron chi connectivity index (χ2n) is 4.81. The maximum atomic E-state index is 11.3. The van der Waals surface area contributed by atoms with Crippen molar-refractivity contribution < 1.29 is 19.4 Å². The van der Waals surface area contributed by atoms with Gasteiger partial charge in [-0.25, -0.2) is 0 Å². The molecule has 130 valence electrons. The Balaban J connectivity index is 2.85. The van der Waals surface area contributed by atoms with E-state index in [9.17, 15) is 9.90 Å². The van der Waals surface area contributed by atoms with E-state index < -0.39 is 12.0 Å². The molecule has 0 aliphatic rings. The molecule has 1 aromatic carbocycles. The molecule has 0 radical (unpaired) electrons. The van der Waals surface area contributed by atoms with Crippen LogP contribution in [0.15, 0.2) is 12.1 Å². The zero-order chi connectivity index (χ0) is 17.2. The molecule has 7 heteroatoms. The third kappa shape index (κ3) is 6.49. The quantitative estimate of drug-likeness (QED) is 0.629. The number of hydrogen-bond donors (Lipinski definition) is 2. The smallest absolute Gasteiger partial charge is 0.320 e. The first kappa shape index (κ1) is 19.9. The molecule has 0 fully saturated rings. The highest BCUT2D eigenvalue weighted by molar-refractivity contribution is 7.98. The number of rotatable bonds is 11. The lowest BCUT2D eigenvalue weighted by Gasteiger charge is -2.17. The number of benzene rings is 1. The number of halogens is 1. The van der Waals surface area contributed by atoms with Gasteiger partial charge in [0.2, 0.25) is 0 Å². The van der Waals surface area contributed by atoms with E-state index in [1.807, 2.05) is 20.1 Å². The number of carboxylic acids is 1. The van der Waals surface area contributed by atoms with Gasteiger partial charge in [-0.15, -0.1) is 0 Å². The Morgan fingerprint density at radius 1 is 1.30 bits per heavy atom. The lowest BCUT2D eigenvalue weighted by molar-refractivity contribution is -0.139. The molecule has 1 unspecified atom stereocenters. The van der Waals surface area contributed by atoms with Crippen molar-refractivity contribution in [2.75, 3.05) is 25.2 Å². The van der Waals surface area contributed by atoms with Crippen molar-refractivity contribution in [3.05, 3.63) is 22.7 Å². The fraction of sp³-hybridized carbons (Fsp3) is 0.562. The molecule has 0 amide bonds. The van der Waals surface area contributed by atoms with Crippen LogP contribution < -0.4 is 14.8 Å². The summed E-state index contributed by atoms with van der Waals surface area (Å²) >= 11 is 7.90. The summed E-state index contributed by atoms with van der Waals surface area (Å²) in [5.41, 5.74) is 0.786. The predicted molar refractivity (Wildman–Crippen MR) is 95.1 cm³/mol. The van der Waals surface area contributed by atoms with Crippen LogP contribution in [0, 0.1) is 0 Å². The van der Waals surface area contributed by atoms with Crippen LogP contribution in [0.1, 0.15) is 25.8 Å². The molecule has 0 spiro atoms. The highest BCUT2D eigenvalue weighted by atomic mass is 35.5. The first-order chi connectivity index (χ1) is 11.0. The van der Waals surface area contributed by atoms with Crippen molar-refractivity contribution in [3.63, 3.8) is 0 Å². The number of nitrogens with one attached hydrogen (secondary N) is 1. The van der Waals surface area contributed by atoms with Gasteiger partial charge >= 0.3 is 5.97 Å². The van der Waals surface area contributed by atoms with Crippen molar-refractivity contribution in [2.45, 2.75) is 32.9 Å². The summed E-state index contributed by atoms with van der Waals surface area (Å²) in [5.74, 6) is 1.14. The first-order valence-electron chi connectivity index (χ1n) is 7.56. The molecule has 0 saturated carbocycles. The summed E-state index contributed by atoms with van der Waals surface area (Å²) in [6.07, 6.45) is 2.51. The van der Waals surface area contributed by atoms with Crippen LogP contribution in [0.4, 0.5) is 0 Å². The van der Waals surface area contributed by atoms with Gasteiger partial charge in [-0.3, -0.25) is 4.79 Å². The molecule has 1 atom stereocenters. The van der Waals surface area contributed by atoms with Gasteiger partial charge in [-0.1, -0.05) is 11.6 Å². The summed E-state index contributed by atoms with van der Waals surface area (Å²) in [5, 5.41) is 12.8. The van der Waals surface area contributed by atoms with E-state index in [-0.39, 0.29) is 0 Å². The number of ether oxygens (including phenoxy) is 2. The molecule has 0 saturated heterocycles. The van der Waals surface area contributed by atoms with Gasteiger partial charge in [0.1, 0.15) is 6.04 Å². The van der Waals surface area contributed by atoms with Crippen LogP contribution in [-0.2, 0) is 11.3 Å². The molecule has 0 heterocycles. The molecule has 2 N–H and O–H groups in total. The number of carboxylic acid groups (broad SMARTS) is 1. The second-order valence-corrected chi connectivity index (χ2v) is 6.20. The molecule has 0 aromatic heterocycles. The van der Waals surface area contributed by atoms with Gasteiger partial charge in [0, 0.05) is 17.6 Å². The maximum absolute atomic E-state index is 11.3. The fourth-order valence-corrected chi connectivity index (χ4v) is 2.72. The van der Waals surface area contributed by atoms with Crippen LogP contribution in [0.2, 0.25) is 5.02 Å². The van der Waals surface area contributed by atoms with Crippen LogP contribution in [0.5, 0.6) is 11.5 Å². The van der Waals surface area contributed by atoms with Crippen molar-refractivity contribution >= 4 is 29.3 Å². The Kier molecular flexibility index (Phi) is 9.21. The van der Waals surface area contributed by atoms with Crippen LogP contribution in [0.3, 0.4) is 0 Å². The van der Waals surface area contributed by atoms with Crippen molar-refractivity contribution in [3.8, 4) is 11.5 Å². The van der Waals surface area contributed by atoms with Crippen LogP contribution in [0.25, 0.3) is 0 Å². The summed E-state index contributed by atoms with van der Waals surface area (Å²) in [4.78, 5) is 11.3. The summed E-state index contributed by atoms with van der Waals surface area (Å²) in [6.45, 7) is 5.17. The first-order valence-corrected chi connectivity index (χ1v) is 9.33. The standard InChI is InChI=1S/C16H24ClNO4S/c1-4-21-14-8-11(12(17)9-15(14)22-5-2)10-18-13(16(19)20)6-7-23-3/h8-9,13,18H,4-7,10H2,1-3H3,(H,19,20). The average Bonchev–Trinajstić information content (AvgIpc) is 2.51. The minimum Gasteiger partial charge on any atom is -0.490 e. The summed E-state index contributed by atoms with van der Waals surface area (Å²) in [6, 6.07) is 2.92. The molecule has 1 aromatic rings. The zero-order valence-electron chi connectivity index (χ0n) is 13.7. The lowest BCUT2D eigenvalue weighted by atomic mass is 10.1. The van der Waals surface area contributed by atoms with E-state index in [0.29, 0.717) is 42.7 Å². The van der Waals surface area contributed by atoms with E-state index in [4.69, 9.17) is 21.1 Å². The Bertz CT molecular complexity index is 513. The topological polar surface area (TPSA) is 67.8 Å². The molecule has 1 rings (SSSR count). The van der Waals surface area contributed by atoms with Gasteiger partial charge in [0.25, 0.3) is 0 Å². The average molecular weight is 362 g/mol. The monoisotopic (exact) mass is 361 g/mol. The van der Waals surface area contributed by atoms with E-state index >= 15 is 0 Å². The molecular weight excluding hydrogens is 338 g/mol. The van der Waals surface area contributed by atoms with E-state index in [2.05, 4.69) is 5.32 Å². The van der Waals surface area contributed by atoms with Gasteiger partial charge in [0.05, 0.1) is 13.2 Å². The van der Waals surface area contributed by atoms with Crippen molar-refractivity contribution in [1.82, 2.24) is 5.32 Å². The zero-order valence-corrected chi connectivity index (χ0v) is 15.3. The van der Waals surface area contributed by atoms with E-state index in [1.54, 1.807) is 23.9 Å². The number of thioether (sulfide) groups is 1. The van der Waals surface area contributed by atoms with Crippen LogP contribution in [-0.4, -0.2) is 42.3 Å². The molecule has 23 heavy (non-hydrogen) atoms. The largest absolute Gasteiger partial charge is 0.490 e. The molecular formula is C16H24ClNO4S. The predicted octanol–water partition coefficient (Wildman–Crippen LogP) is 3.43. The Labute approximate surface area is 146 Å². The van der Waals surface area contributed by atoms with E-state index in [0.717, 1.165) is 11.3 Å². The minimum absolute atomic E-state index is 0.358. The second kappa shape index (κ2) is 10.6. The highest BCUT2D eigenvalue weighted by Crippen LogP contribution is 2.33. The van der Waals surface area contributed by atoms with Gasteiger partial charge in [-0.2, -0.15) is 11.8 Å². The number of aliphatic carboxylic acids is 1.